The lowest BCUT2D eigenvalue weighted by Crippen LogP contribution is -1.89. The second-order valence-corrected chi connectivity index (χ2v) is 3.47. The first-order valence-corrected chi connectivity index (χ1v) is 4.50. The highest BCUT2D eigenvalue weighted by Gasteiger charge is 1.92. The number of rotatable bonds is 3. The molecule has 0 spiro atoms. The number of hydrogen-bond acceptors (Lipinski definition) is 2. The van der Waals surface area contributed by atoms with Gasteiger partial charge in [-0.25, -0.2) is 0 Å². The molecule has 0 aromatic carbocycles. The number of carboxylic acids is 1. The fraction of sp³-hybridized carbons (Fsp3) is 0.222. The molecule has 1 aromatic rings. The SMILES string of the molecule is Cc1csc(C=CCC(=O)O)c1. The highest BCUT2D eigenvalue weighted by Crippen LogP contribution is 2.15. The summed E-state index contributed by atoms with van der Waals surface area (Å²) in [4.78, 5) is 11.3. The molecule has 0 unspecified atom stereocenters. The Kier molecular flexibility index (Phi) is 3.05. The van der Waals surface area contributed by atoms with Gasteiger partial charge in [-0.05, 0) is 30.0 Å². The molecule has 0 saturated heterocycles. The molecule has 64 valence electrons. The molecule has 0 fully saturated rings. The molecule has 12 heavy (non-hydrogen) atoms. The van der Waals surface area contributed by atoms with Crippen LogP contribution in [0.4, 0.5) is 0 Å². The molecule has 0 atom stereocenters. The zero-order chi connectivity index (χ0) is 8.97. The molecule has 1 N–H and O–H groups in total. The summed E-state index contributed by atoms with van der Waals surface area (Å²) in [5.74, 6) is -0.792. The van der Waals surface area contributed by atoms with E-state index in [0.29, 0.717) is 0 Å². The summed E-state index contributed by atoms with van der Waals surface area (Å²) in [5, 5.41) is 10.4. The standard InChI is InChI=1S/C9H10O2S/c1-7-5-8(12-6-7)3-2-4-9(10)11/h2-3,5-6H,4H2,1H3,(H,10,11). The van der Waals surface area contributed by atoms with E-state index >= 15 is 0 Å². The Bertz CT molecular complexity index is 299. The predicted octanol–water partition coefficient (Wildman–Crippen LogP) is 2.54. The van der Waals surface area contributed by atoms with Crippen LogP contribution >= 0.6 is 11.3 Å². The van der Waals surface area contributed by atoms with Crippen molar-refractivity contribution in [2.75, 3.05) is 0 Å². The fourth-order valence-electron chi connectivity index (χ4n) is 0.817. The average molecular weight is 182 g/mol. The van der Waals surface area contributed by atoms with Crippen LogP contribution in [-0.2, 0) is 4.79 Å². The van der Waals surface area contributed by atoms with Crippen LogP contribution in [-0.4, -0.2) is 11.1 Å². The maximum Gasteiger partial charge on any atom is 0.307 e. The summed E-state index contributed by atoms with van der Waals surface area (Å²) in [6.45, 7) is 2.02. The second kappa shape index (κ2) is 4.07. The zero-order valence-electron chi connectivity index (χ0n) is 6.78. The second-order valence-electron chi connectivity index (χ2n) is 2.53. The van der Waals surface area contributed by atoms with Crippen molar-refractivity contribution in [3.63, 3.8) is 0 Å². The minimum Gasteiger partial charge on any atom is -0.481 e. The average Bonchev–Trinajstić information content (AvgIpc) is 2.35. The minimum absolute atomic E-state index is 0.0942. The van der Waals surface area contributed by atoms with Gasteiger partial charge in [-0.2, -0.15) is 0 Å². The summed E-state index contributed by atoms with van der Waals surface area (Å²) in [7, 11) is 0. The topological polar surface area (TPSA) is 37.3 Å². The van der Waals surface area contributed by atoms with E-state index in [0.717, 1.165) is 4.88 Å². The number of thiophene rings is 1. The van der Waals surface area contributed by atoms with Gasteiger partial charge in [0.1, 0.15) is 0 Å². The maximum absolute atomic E-state index is 10.1. The van der Waals surface area contributed by atoms with Gasteiger partial charge in [0.15, 0.2) is 0 Å². The normalized spacial score (nSPS) is 10.8. The molecule has 1 heterocycles. The highest BCUT2D eigenvalue weighted by atomic mass is 32.1. The summed E-state index contributed by atoms with van der Waals surface area (Å²) < 4.78 is 0. The lowest BCUT2D eigenvalue weighted by Gasteiger charge is -1.83. The van der Waals surface area contributed by atoms with E-state index in [1.807, 2.05) is 24.4 Å². The van der Waals surface area contributed by atoms with Crippen LogP contribution < -0.4 is 0 Å². The lowest BCUT2D eigenvalue weighted by atomic mass is 10.3. The molecule has 0 saturated carbocycles. The molecule has 0 radical (unpaired) electrons. The van der Waals surface area contributed by atoms with Crippen molar-refractivity contribution in [1.82, 2.24) is 0 Å². The summed E-state index contributed by atoms with van der Waals surface area (Å²) in [6, 6.07) is 2.03. The molecule has 0 aliphatic rings. The Morgan fingerprint density at radius 2 is 2.50 bits per heavy atom. The van der Waals surface area contributed by atoms with E-state index in [1.165, 1.54) is 5.56 Å². The first-order valence-electron chi connectivity index (χ1n) is 3.62. The van der Waals surface area contributed by atoms with Gasteiger partial charge in [0.2, 0.25) is 0 Å². The van der Waals surface area contributed by atoms with E-state index in [2.05, 4.69) is 0 Å². The van der Waals surface area contributed by atoms with Crippen molar-refractivity contribution in [3.8, 4) is 0 Å². The third-order valence-corrected chi connectivity index (χ3v) is 2.34. The quantitative estimate of drug-likeness (QED) is 0.780. The van der Waals surface area contributed by atoms with Gasteiger partial charge >= 0.3 is 5.97 Å². The van der Waals surface area contributed by atoms with Crippen LogP contribution in [0.3, 0.4) is 0 Å². The van der Waals surface area contributed by atoms with Gasteiger partial charge in [-0.1, -0.05) is 6.08 Å². The zero-order valence-corrected chi connectivity index (χ0v) is 7.60. The molecule has 2 nitrogen and oxygen atoms in total. The first kappa shape index (κ1) is 9.00. The number of carbonyl (C=O) groups is 1. The van der Waals surface area contributed by atoms with Crippen molar-refractivity contribution >= 4 is 23.4 Å². The van der Waals surface area contributed by atoms with Gasteiger partial charge < -0.3 is 5.11 Å². The van der Waals surface area contributed by atoms with Crippen LogP contribution in [0, 0.1) is 6.92 Å². The summed E-state index contributed by atoms with van der Waals surface area (Å²) >= 11 is 1.62. The Balaban J connectivity index is 2.52. The van der Waals surface area contributed by atoms with Crippen LogP contribution in [0.15, 0.2) is 17.5 Å². The fourth-order valence-corrected chi connectivity index (χ4v) is 1.64. The Morgan fingerprint density at radius 3 is 3.00 bits per heavy atom. The van der Waals surface area contributed by atoms with E-state index in [-0.39, 0.29) is 6.42 Å². The van der Waals surface area contributed by atoms with Gasteiger partial charge in [0.25, 0.3) is 0 Å². The predicted molar refractivity (Wildman–Crippen MR) is 50.3 cm³/mol. The highest BCUT2D eigenvalue weighted by molar-refractivity contribution is 7.11. The van der Waals surface area contributed by atoms with Crippen molar-refractivity contribution in [1.29, 1.82) is 0 Å². The van der Waals surface area contributed by atoms with Gasteiger partial charge in [0.05, 0.1) is 6.42 Å². The van der Waals surface area contributed by atoms with Gasteiger partial charge in [-0.15, -0.1) is 11.3 Å². The number of aliphatic carboxylic acids is 1. The van der Waals surface area contributed by atoms with Crippen molar-refractivity contribution < 1.29 is 9.90 Å². The van der Waals surface area contributed by atoms with E-state index in [4.69, 9.17) is 5.11 Å². The molecular weight excluding hydrogens is 172 g/mol. The molecular formula is C9H10O2S. The molecule has 1 aromatic heterocycles. The number of aryl methyl sites for hydroxylation is 1. The first-order chi connectivity index (χ1) is 5.68. The smallest absolute Gasteiger partial charge is 0.307 e. The van der Waals surface area contributed by atoms with Crippen LogP contribution in [0.1, 0.15) is 16.9 Å². The molecule has 0 aliphatic heterocycles. The third-order valence-electron chi connectivity index (χ3n) is 1.33. The Morgan fingerprint density at radius 1 is 1.75 bits per heavy atom. The molecule has 3 heteroatoms. The number of carboxylic acid groups (broad SMARTS) is 1. The third kappa shape index (κ3) is 2.88. The van der Waals surface area contributed by atoms with Crippen LogP contribution in [0.5, 0.6) is 0 Å². The van der Waals surface area contributed by atoms with E-state index < -0.39 is 5.97 Å². The molecule has 0 aliphatic carbocycles. The lowest BCUT2D eigenvalue weighted by molar-refractivity contribution is -0.135. The maximum atomic E-state index is 10.1. The van der Waals surface area contributed by atoms with Crippen molar-refractivity contribution in [3.05, 3.63) is 28.0 Å². The molecule has 0 amide bonds. The van der Waals surface area contributed by atoms with Gasteiger partial charge in [0, 0.05) is 4.88 Å². The van der Waals surface area contributed by atoms with E-state index in [9.17, 15) is 4.79 Å². The molecule has 0 bridgehead atoms. The summed E-state index contributed by atoms with van der Waals surface area (Å²) in [6.07, 6.45) is 3.59. The minimum atomic E-state index is -0.792. The van der Waals surface area contributed by atoms with Gasteiger partial charge in [-0.3, -0.25) is 4.79 Å². The van der Waals surface area contributed by atoms with E-state index in [1.54, 1.807) is 17.4 Å². The van der Waals surface area contributed by atoms with Crippen LogP contribution in [0.25, 0.3) is 6.08 Å². The number of hydrogen-bond donors (Lipinski definition) is 1. The Hall–Kier alpha value is -1.09. The van der Waals surface area contributed by atoms with Crippen molar-refractivity contribution in [2.24, 2.45) is 0 Å². The van der Waals surface area contributed by atoms with Crippen molar-refractivity contribution in [2.45, 2.75) is 13.3 Å². The largest absolute Gasteiger partial charge is 0.481 e. The van der Waals surface area contributed by atoms with Crippen LogP contribution in [0.2, 0.25) is 0 Å². The summed E-state index contributed by atoms with van der Waals surface area (Å²) in [5.41, 5.74) is 1.22. The Labute approximate surface area is 75.2 Å². The molecule has 1 rings (SSSR count). The monoisotopic (exact) mass is 182 g/mol.